The van der Waals surface area contributed by atoms with Gasteiger partial charge in [-0.25, -0.2) is 0 Å². The normalized spacial score (nSPS) is 25.6. The van der Waals surface area contributed by atoms with E-state index in [1.807, 2.05) is 0 Å². The molecule has 0 radical (unpaired) electrons. The van der Waals surface area contributed by atoms with Crippen molar-refractivity contribution < 1.29 is 4.79 Å². The molecule has 3 rings (SSSR count). The van der Waals surface area contributed by atoms with E-state index < -0.39 is 0 Å². The maximum Gasteiger partial charge on any atom is 0.136 e. The molecule has 3 nitrogen and oxygen atoms in total. The van der Waals surface area contributed by atoms with E-state index in [9.17, 15) is 4.79 Å². The average molecular weight is 274 g/mol. The number of hydrogen-bond donors (Lipinski definition) is 0. The number of hydrogen-bond acceptors (Lipinski definition) is 2. The van der Waals surface area contributed by atoms with Crippen LogP contribution in [0.1, 0.15) is 75.9 Å². The minimum atomic E-state index is 0.229. The number of rotatable bonds is 3. The summed E-state index contributed by atoms with van der Waals surface area (Å²) in [6.45, 7) is 0. The number of ketones is 1. The smallest absolute Gasteiger partial charge is 0.136 e. The van der Waals surface area contributed by atoms with Crippen LogP contribution in [0.15, 0.2) is 12.3 Å². The summed E-state index contributed by atoms with van der Waals surface area (Å²) in [7, 11) is 0. The minimum Gasteiger partial charge on any atom is -0.299 e. The van der Waals surface area contributed by atoms with Gasteiger partial charge in [0.25, 0.3) is 0 Å². The Hall–Kier alpha value is -1.12. The molecule has 1 aromatic rings. The molecule has 2 saturated carbocycles. The lowest BCUT2D eigenvalue weighted by molar-refractivity contribution is -0.122. The summed E-state index contributed by atoms with van der Waals surface area (Å²) in [5.41, 5.74) is 1.12. The Bertz CT molecular complexity index is 446. The average Bonchev–Trinajstić information content (AvgIpc) is 2.86. The number of carbonyl (C=O) groups is 1. The van der Waals surface area contributed by atoms with E-state index in [0.717, 1.165) is 31.4 Å². The lowest BCUT2D eigenvalue weighted by Crippen LogP contribution is -2.17. The van der Waals surface area contributed by atoms with Crippen molar-refractivity contribution in [2.24, 2.45) is 5.92 Å². The number of nitrogens with zero attached hydrogens (tertiary/aromatic N) is 2. The van der Waals surface area contributed by atoms with Crippen molar-refractivity contribution in [2.75, 3.05) is 0 Å². The summed E-state index contributed by atoms with van der Waals surface area (Å²) in [5.74, 6) is 0.696. The second-order valence-electron chi connectivity index (χ2n) is 6.55. The van der Waals surface area contributed by atoms with Crippen LogP contribution >= 0.6 is 0 Å². The van der Waals surface area contributed by atoms with Gasteiger partial charge in [0, 0.05) is 25.0 Å². The standard InChI is InChI=1S/C17H26N2O/c20-17-10-6-1-3-7-14(17)13-15-11-12-19(18-15)16-8-4-2-5-9-16/h11-12,14,16H,1-10,13H2. The summed E-state index contributed by atoms with van der Waals surface area (Å²) in [4.78, 5) is 12.1. The zero-order valence-corrected chi connectivity index (χ0v) is 12.4. The van der Waals surface area contributed by atoms with Crippen LogP contribution in [0, 0.1) is 5.92 Å². The van der Waals surface area contributed by atoms with Crippen LogP contribution < -0.4 is 0 Å². The maximum absolute atomic E-state index is 12.1. The van der Waals surface area contributed by atoms with Crippen LogP contribution in [-0.2, 0) is 11.2 Å². The van der Waals surface area contributed by atoms with Crippen LogP contribution in [0.2, 0.25) is 0 Å². The quantitative estimate of drug-likeness (QED) is 0.778. The second kappa shape index (κ2) is 6.55. The molecule has 0 bridgehead atoms. The molecular formula is C17H26N2O. The van der Waals surface area contributed by atoms with E-state index in [2.05, 4.69) is 16.9 Å². The summed E-state index contributed by atoms with van der Waals surface area (Å²) in [6, 6.07) is 2.73. The molecule has 0 amide bonds. The van der Waals surface area contributed by atoms with E-state index in [4.69, 9.17) is 5.10 Å². The van der Waals surface area contributed by atoms with Crippen molar-refractivity contribution in [3.05, 3.63) is 18.0 Å². The van der Waals surface area contributed by atoms with E-state index in [0.29, 0.717) is 11.8 Å². The maximum atomic E-state index is 12.1. The highest BCUT2D eigenvalue weighted by molar-refractivity contribution is 5.81. The Labute approximate surface area is 121 Å². The van der Waals surface area contributed by atoms with Crippen molar-refractivity contribution in [1.29, 1.82) is 0 Å². The number of aromatic nitrogens is 2. The SMILES string of the molecule is O=C1CCCCCC1Cc1ccn(C2CCCCC2)n1. The Morgan fingerprint density at radius 1 is 1.05 bits per heavy atom. The molecule has 0 aromatic carbocycles. The van der Waals surface area contributed by atoms with Gasteiger partial charge in [0.15, 0.2) is 0 Å². The van der Waals surface area contributed by atoms with Gasteiger partial charge in [0.1, 0.15) is 5.78 Å². The van der Waals surface area contributed by atoms with Gasteiger partial charge >= 0.3 is 0 Å². The Kier molecular flexibility index (Phi) is 4.54. The Morgan fingerprint density at radius 2 is 1.80 bits per heavy atom. The Balaban J connectivity index is 1.62. The van der Waals surface area contributed by atoms with Crippen LogP contribution in [0.3, 0.4) is 0 Å². The predicted molar refractivity (Wildman–Crippen MR) is 79.6 cm³/mol. The van der Waals surface area contributed by atoms with Gasteiger partial charge in [0.2, 0.25) is 0 Å². The molecule has 2 aliphatic rings. The molecule has 0 saturated heterocycles. The summed E-state index contributed by atoms with van der Waals surface area (Å²) < 4.78 is 2.16. The van der Waals surface area contributed by atoms with E-state index in [1.165, 1.54) is 44.9 Å². The zero-order valence-electron chi connectivity index (χ0n) is 12.4. The van der Waals surface area contributed by atoms with Crippen molar-refractivity contribution in [1.82, 2.24) is 9.78 Å². The third-order valence-electron chi connectivity index (χ3n) is 5.00. The third-order valence-corrected chi connectivity index (χ3v) is 5.00. The highest BCUT2D eigenvalue weighted by Crippen LogP contribution is 2.28. The van der Waals surface area contributed by atoms with Crippen molar-refractivity contribution in [3.63, 3.8) is 0 Å². The lowest BCUT2D eigenvalue weighted by atomic mass is 9.94. The molecule has 1 heterocycles. The number of carbonyl (C=O) groups excluding carboxylic acids is 1. The van der Waals surface area contributed by atoms with Gasteiger partial charge in [-0.2, -0.15) is 5.10 Å². The molecule has 3 heteroatoms. The van der Waals surface area contributed by atoms with Crippen molar-refractivity contribution in [3.8, 4) is 0 Å². The first-order valence-corrected chi connectivity index (χ1v) is 8.39. The van der Waals surface area contributed by atoms with Gasteiger partial charge in [-0.15, -0.1) is 0 Å². The fourth-order valence-corrected chi connectivity index (χ4v) is 3.74. The first-order chi connectivity index (χ1) is 9.83. The molecule has 0 aliphatic heterocycles. The van der Waals surface area contributed by atoms with Crippen molar-refractivity contribution >= 4 is 5.78 Å². The highest BCUT2D eigenvalue weighted by atomic mass is 16.1. The molecule has 0 N–H and O–H groups in total. The van der Waals surface area contributed by atoms with Crippen LogP contribution in [-0.4, -0.2) is 15.6 Å². The first-order valence-electron chi connectivity index (χ1n) is 8.39. The lowest BCUT2D eigenvalue weighted by Gasteiger charge is -2.21. The van der Waals surface area contributed by atoms with Gasteiger partial charge in [0.05, 0.1) is 11.7 Å². The predicted octanol–water partition coefficient (Wildman–Crippen LogP) is 4.08. The molecule has 1 unspecified atom stereocenters. The first kappa shape index (κ1) is 13.8. The van der Waals surface area contributed by atoms with E-state index in [1.54, 1.807) is 0 Å². The van der Waals surface area contributed by atoms with Gasteiger partial charge in [-0.1, -0.05) is 32.1 Å². The van der Waals surface area contributed by atoms with Crippen LogP contribution in [0.5, 0.6) is 0 Å². The fourth-order valence-electron chi connectivity index (χ4n) is 3.74. The summed E-state index contributed by atoms with van der Waals surface area (Å²) in [6.07, 6.45) is 14.9. The van der Waals surface area contributed by atoms with Crippen LogP contribution in [0.25, 0.3) is 0 Å². The molecule has 0 spiro atoms. The molecular weight excluding hydrogens is 248 g/mol. The van der Waals surface area contributed by atoms with Gasteiger partial charge in [-0.05, 0) is 31.7 Å². The number of Topliss-reactive ketones (excluding diaryl/α,β-unsaturated/α-hetero) is 1. The van der Waals surface area contributed by atoms with Crippen molar-refractivity contribution in [2.45, 2.75) is 76.7 Å². The fraction of sp³-hybridized carbons (Fsp3) is 0.765. The molecule has 1 aromatic heterocycles. The zero-order chi connectivity index (χ0) is 13.8. The molecule has 2 fully saturated rings. The molecule has 110 valence electrons. The summed E-state index contributed by atoms with van der Waals surface area (Å²) >= 11 is 0. The monoisotopic (exact) mass is 274 g/mol. The third kappa shape index (κ3) is 3.31. The largest absolute Gasteiger partial charge is 0.299 e. The summed E-state index contributed by atoms with van der Waals surface area (Å²) in [5, 5.41) is 4.76. The van der Waals surface area contributed by atoms with Crippen LogP contribution in [0.4, 0.5) is 0 Å². The van der Waals surface area contributed by atoms with Gasteiger partial charge < -0.3 is 0 Å². The van der Waals surface area contributed by atoms with E-state index >= 15 is 0 Å². The topological polar surface area (TPSA) is 34.9 Å². The second-order valence-corrected chi connectivity index (χ2v) is 6.55. The minimum absolute atomic E-state index is 0.229. The van der Waals surface area contributed by atoms with Gasteiger partial charge in [-0.3, -0.25) is 9.48 Å². The molecule has 20 heavy (non-hydrogen) atoms. The molecule has 2 aliphatic carbocycles. The highest BCUT2D eigenvalue weighted by Gasteiger charge is 2.22. The Morgan fingerprint density at radius 3 is 2.65 bits per heavy atom. The van der Waals surface area contributed by atoms with E-state index in [-0.39, 0.29) is 5.92 Å². The molecule has 1 atom stereocenters.